The van der Waals surface area contributed by atoms with Crippen molar-refractivity contribution in [2.24, 2.45) is 0 Å². The summed E-state index contributed by atoms with van der Waals surface area (Å²) in [5.41, 5.74) is 2.00. The molecule has 6 heteroatoms. The molecular weight excluding hydrogens is 293 g/mol. The lowest BCUT2D eigenvalue weighted by Gasteiger charge is -2.34. The van der Waals surface area contributed by atoms with Crippen LogP contribution >= 0.6 is 12.4 Å². The van der Waals surface area contributed by atoms with Crippen molar-refractivity contribution in [3.05, 3.63) is 40.5 Å². The minimum Gasteiger partial charge on any atom is -0.372 e. The van der Waals surface area contributed by atoms with Gasteiger partial charge in [-0.2, -0.15) is 0 Å². The highest BCUT2D eigenvalue weighted by Gasteiger charge is 2.26. The predicted octanol–water partition coefficient (Wildman–Crippen LogP) is 2.32. The highest BCUT2D eigenvalue weighted by atomic mass is 35.5. The number of ether oxygens (including phenoxy) is 1. The zero-order chi connectivity index (χ0) is 13.9. The second-order valence-corrected chi connectivity index (χ2v) is 5.24. The molecule has 114 valence electrons. The third-order valence-corrected chi connectivity index (χ3v) is 4.03. The van der Waals surface area contributed by atoms with Crippen molar-refractivity contribution in [3.63, 3.8) is 0 Å². The summed E-state index contributed by atoms with van der Waals surface area (Å²) < 4.78 is 19.5. The summed E-state index contributed by atoms with van der Waals surface area (Å²) in [7, 11) is 0. The molecule has 1 unspecified atom stereocenters. The molecule has 1 aromatic carbocycles. The van der Waals surface area contributed by atoms with Crippen LogP contribution in [-0.2, 0) is 11.2 Å². The molecule has 1 saturated heterocycles. The first-order valence-corrected chi connectivity index (χ1v) is 7.03. The Labute approximate surface area is 130 Å². The Bertz CT molecular complexity index is 540. The van der Waals surface area contributed by atoms with Crippen LogP contribution in [0.5, 0.6) is 0 Å². The van der Waals surface area contributed by atoms with Gasteiger partial charge in [-0.3, -0.25) is 4.90 Å². The standard InChI is InChI=1S/C15H18FN3O.ClH/c1-17-15-12-4-9-20-14(11(12)2-3-13(15)16)10-19-7-5-18-6-8-19;/h2-3,14,18H,4-10H2;1H. The molecule has 1 aromatic rings. The number of piperazine rings is 1. The molecule has 1 fully saturated rings. The molecule has 3 rings (SSSR count). The number of benzene rings is 1. The maximum atomic E-state index is 13.7. The van der Waals surface area contributed by atoms with Crippen LogP contribution < -0.4 is 5.32 Å². The summed E-state index contributed by atoms with van der Waals surface area (Å²) in [6, 6.07) is 3.18. The van der Waals surface area contributed by atoms with E-state index in [1.165, 1.54) is 6.07 Å². The van der Waals surface area contributed by atoms with Gasteiger partial charge in [0.1, 0.15) is 5.82 Å². The van der Waals surface area contributed by atoms with E-state index >= 15 is 0 Å². The number of hydrogen-bond donors (Lipinski definition) is 1. The van der Waals surface area contributed by atoms with Crippen molar-refractivity contribution in [2.45, 2.75) is 12.5 Å². The summed E-state index contributed by atoms with van der Waals surface area (Å²) >= 11 is 0. The van der Waals surface area contributed by atoms with Crippen LogP contribution in [0.4, 0.5) is 10.1 Å². The monoisotopic (exact) mass is 311 g/mol. The third kappa shape index (κ3) is 3.35. The molecule has 0 aromatic heterocycles. The van der Waals surface area contributed by atoms with Crippen molar-refractivity contribution in [1.82, 2.24) is 10.2 Å². The fraction of sp³-hybridized carbons (Fsp3) is 0.533. The summed E-state index contributed by atoms with van der Waals surface area (Å²) in [6.45, 7) is 12.6. The second-order valence-electron chi connectivity index (χ2n) is 5.24. The Kier molecular flexibility index (Phi) is 5.54. The normalized spacial score (nSPS) is 22.0. The van der Waals surface area contributed by atoms with E-state index in [9.17, 15) is 4.39 Å². The molecule has 0 spiro atoms. The van der Waals surface area contributed by atoms with E-state index in [2.05, 4.69) is 15.1 Å². The van der Waals surface area contributed by atoms with Gasteiger partial charge in [-0.25, -0.2) is 9.24 Å². The van der Waals surface area contributed by atoms with Crippen molar-refractivity contribution in [3.8, 4) is 0 Å². The van der Waals surface area contributed by atoms with E-state index in [1.807, 2.05) is 0 Å². The zero-order valence-corrected chi connectivity index (χ0v) is 12.6. The summed E-state index contributed by atoms with van der Waals surface area (Å²) in [5, 5.41) is 3.32. The maximum absolute atomic E-state index is 13.7. The largest absolute Gasteiger partial charge is 0.372 e. The molecule has 2 aliphatic heterocycles. The van der Waals surface area contributed by atoms with Gasteiger partial charge in [-0.15, -0.1) is 12.4 Å². The number of rotatable bonds is 2. The van der Waals surface area contributed by atoms with Gasteiger partial charge in [0.2, 0.25) is 5.69 Å². The van der Waals surface area contributed by atoms with Crippen molar-refractivity contribution < 1.29 is 9.13 Å². The third-order valence-electron chi connectivity index (χ3n) is 4.03. The van der Waals surface area contributed by atoms with Crippen LogP contribution in [-0.4, -0.2) is 44.2 Å². The predicted molar refractivity (Wildman–Crippen MR) is 81.6 cm³/mol. The van der Waals surface area contributed by atoms with Gasteiger partial charge in [0.25, 0.3) is 0 Å². The Morgan fingerprint density at radius 2 is 2.14 bits per heavy atom. The van der Waals surface area contributed by atoms with E-state index < -0.39 is 5.82 Å². The van der Waals surface area contributed by atoms with Gasteiger partial charge >= 0.3 is 0 Å². The van der Waals surface area contributed by atoms with E-state index in [0.29, 0.717) is 13.0 Å². The Hall–Kier alpha value is -1.19. The van der Waals surface area contributed by atoms with E-state index in [0.717, 1.165) is 43.9 Å². The average molecular weight is 312 g/mol. The minimum atomic E-state index is -0.415. The van der Waals surface area contributed by atoms with Gasteiger partial charge in [0, 0.05) is 32.7 Å². The highest BCUT2D eigenvalue weighted by molar-refractivity contribution is 5.85. The van der Waals surface area contributed by atoms with Gasteiger partial charge in [0.15, 0.2) is 0 Å². The molecule has 1 atom stereocenters. The fourth-order valence-corrected chi connectivity index (χ4v) is 2.98. The smallest absolute Gasteiger partial charge is 0.225 e. The molecule has 0 saturated carbocycles. The lowest BCUT2D eigenvalue weighted by Crippen LogP contribution is -2.45. The number of hydrogen-bond acceptors (Lipinski definition) is 3. The van der Waals surface area contributed by atoms with Crippen LogP contribution in [0, 0.1) is 12.4 Å². The second kappa shape index (κ2) is 7.19. The lowest BCUT2D eigenvalue weighted by molar-refractivity contribution is 0.0137. The van der Waals surface area contributed by atoms with Crippen molar-refractivity contribution >= 4 is 18.1 Å². The van der Waals surface area contributed by atoms with Crippen LogP contribution in [0.1, 0.15) is 17.2 Å². The molecule has 2 aliphatic rings. The number of halogens is 2. The Morgan fingerprint density at radius 3 is 2.86 bits per heavy atom. The molecule has 0 radical (unpaired) electrons. The average Bonchev–Trinajstić information content (AvgIpc) is 2.48. The lowest BCUT2D eigenvalue weighted by atomic mass is 9.95. The molecule has 4 nitrogen and oxygen atoms in total. The Balaban J connectivity index is 0.00000161. The summed E-state index contributed by atoms with van der Waals surface area (Å²) in [6.07, 6.45) is 0.584. The van der Waals surface area contributed by atoms with Crippen LogP contribution in [0.3, 0.4) is 0 Å². The van der Waals surface area contributed by atoms with Crippen LogP contribution in [0.15, 0.2) is 12.1 Å². The summed E-state index contributed by atoms with van der Waals surface area (Å²) in [4.78, 5) is 5.72. The van der Waals surface area contributed by atoms with Crippen molar-refractivity contribution in [2.75, 3.05) is 39.3 Å². The summed E-state index contributed by atoms with van der Waals surface area (Å²) in [5.74, 6) is -0.415. The first-order valence-electron chi connectivity index (χ1n) is 7.03. The van der Waals surface area contributed by atoms with E-state index in [4.69, 9.17) is 11.3 Å². The molecule has 1 N–H and O–H groups in total. The number of fused-ring (bicyclic) bond motifs is 1. The molecular formula is C15H19ClFN3O. The first-order chi connectivity index (χ1) is 9.79. The number of nitrogens with zero attached hydrogens (tertiary/aromatic N) is 2. The van der Waals surface area contributed by atoms with E-state index in [1.54, 1.807) is 6.07 Å². The van der Waals surface area contributed by atoms with E-state index in [-0.39, 0.29) is 24.2 Å². The van der Waals surface area contributed by atoms with Crippen LogP contribution in [0.25, 0.3) is 4.85 Å². The quantitative estimate of drug-likeness (QED) is 0.850. The first kappa shape index (κ1) is 16.2. The maximum Gasteiger partial charge on any atom is 0.225 e. The fourth-order valence-electron chi connectivity index (χ4n) is 2.98. The topological polar surface area (TPSA) is 28.9 Å². The molecule has 0 aliphatic carbocycles. The molecule has 2 heterocycles. The van der Waals surface area contributed by atoms with Gasteiger partial charge in [-0.05, 0) is 23.6 Å². The minimum absolute atomic E-state index is 0. The highest BCUT2D eigenvalue weighted by Crippen LogP contribution is 2.35. The molecule has 0 bridgehead atoms. The zero-order valence-electron chi connectivity index (χ0n) is 11.8. The van der Waals surface area contributed by atoms with Gasteiger partial charge in [0.05, 0.1) is 19.3 Å². The van der Waals surface area contributed by atoms with Gasteiger partial charge in [-0.1, -0.05) is 6.07 Å². The SMILES string of the molecule is Cl.[C-]#[N+]c1c(F)ccc2c1CCOC2CN1CCNCC1. The van der Waals surface area contributed by atoms with Crippen molar-refractivity contribution in [1.29, 1.82) is 0 Å². The molecule has 0 amide bonds. The Morgan fingerprint density at radius 1 is 1.38 bits per heavy atom. The van der Waals surface area contributed by atoms with Gasteiger partial charge < -0.3 is 10.1 Å². The number of nitrogens with one attached hydrogen (secondary N) is 1. The van der Waals surface area contributed by atoms with Crippen LogP contribution in [0.2, 0.25) is 0 Å². The molecule has 21 heavy (non-hydrogen) atoms.